The molecule has 1 unspecified atom stereocenters. The summed E-state index contributed by atoms with van der Waals surface area (Å²) in [6.07, 6.45) is 4.84. The molecule has 100 valence electrons. The Morgan fingerprint density at radius 3 is 3.06 bits per heavy atom. The maximum atomic E-state index is 6.11. The lowest BCUT2D eigenvalue weighted by Gasteiger charge is -2.13. The largest absolute Gasteiger partial charge is 0.492 e. The molecule has 3 nitrogen and oxygen atoms in total. The van der Waals surface area contributed by atoms with Gasteiger partial charge in [-0.25, -0.2) is 0 Å². The van der Waals surface area contributed by atoms with Crippen molar-refractivity contribution in [2.24, 2.45) is 5.73 Å². The van der Waals surface area contributed by atoms with E-state index in [0.29, 0.717) is 24.3 Å². The fourth-order valence-corrected chi connectivity index (χ4v) is 2.48. The van der Waals surface area contributed by atoms with E-state index in [1.165, 1.54) is 12.8 Å². The van der Waals surface area contributed by atoms with Gasteiger partial charge in [0.1, 0.15) is 5.75 Å². The summed E-state index contributed by atoms with van der Waals surface area (Å²) >= 11 is 6.11. The summed E-state index contributed by atoms with van der Waals surface area (Å²) in [5.41, 5.74) is 6.62. The van der Waals surface area contributed by atoms with Crippen molar-refractivity contribution in [1.82, 2.24) is 0 Å². The Hall–Kier alpha value is -0.770. The van der Waals surface area contributed by atoms with E-state index >= 15 is 0 Å². The van der Waals surface area contributed by atoms with Crippen molar-refractivity contribution >= 4 is 11.6 Å². The number of ether oxygens (including phenoxy) is 2. The van der Waals surface area contributed by atoms with Crippen LogP contribution in [0.3, 0.4) is 0 Å². The zero-order valence-electron chi connectivity index (χ0n) is 10.5. The zero-order valence-corrected chi connectivity index (χ0v) is 11.3. The van der Waals surface area contributed by atoms with Crippen LogP contribution in [0.25, 0.3) is 0 Å². The standard InChI is InChI=1S/C14H20ClNO2/c15-13-7-1-4-11(10-16)14(13)18-9-3-6-12-5-2-8-17-12/h1,4,7,12H,2-3,5-6,8-10,16H2. The van der Waals surface area contributed by atoms with Gasteiger partial charge in [-0.05, 0) is 31.7 Å². The Morgan fingerprint density at radius 2 is 2.33 bits per heavy atom. The van der Waals surface area contributed by atoms with Gasteiger partial charge in [-0.1, -0.05) is 23.7 Å². The minimum Gasteiger partial charge on any atom is -0.492 e. The predicted molar refractivity (Wildman–Crippen MR) is 73.0 cm³/mol. The van der Waals surface area contributed by atoms with Crippen LogP contribution in [0.5, 0.6) is 5.75 Å². The molecule has 1 saturated heterocycles. The first-order valence-electron chi connectivity index (χ1n) is 6.53. The van der Waals surface area contributed by atoms with E-state index < -0.39 is 0 Å². The smallest absolute Gasteiger partial charge is 0.142 e. The highest BCUT2D eigenvalue weighted by Gasteiger charge is 2.15. The highest BCUT2D eigenvalue weighted by molar-refractivity contribution is 6.32. The van der Waals surface area contributed by atoms with Gasteiger partial charge in [0.05, 0.1) is 17.7 Å². The summed E-state index contributed by atoms with van der Waals surface area (Å²) in [5, 5.41) is 0.634. The van der Waals surface area contributed by atoms with Crippen LogP contribution in [0.4, 0.5) is 0 Å². The lowest BCUT2D eigenvalue weighted by Crippen LogP contribution is -2.09. The van der Waals surface area contributed by atoms with Crippen LogP contribution in [0, 0.1) is 0 Å². The minimum atomic E-state index is 0.425. The van der Waals surface area contributed by atoms with Crippen molar-refractivity contribution in [2.75, 3.05) is 13.2 Å². The van der Waals surface area contributed by atoms with Crippen LogP contribution in [-0.4, -0.2) is 19.3 Å². The van der Waals surface area contributed by atoms with Crippen LogP contribution in [0.2, 0.25) is 5.02 Å². The van der Waals surface area contributed by atoms with Crippen LogP contribution in [0.15, 0.2) is 18.2 Å². The first kappa shape index (κ1) is 13.7. The van der Waals surface area contributed by atoms with Gasteiger partial charge in [0.15, 0.2) is 0 Å². The van der Waals surface area contributed by atoms with Crippen LogP contribution in [-0.2, 0) is 11.3 Å². The molecule has 0 aliphatic carbocycles. The molecule has 1 aromatic carbocycles. The summed E-state index contributed by atoms with van der Waals surface area (Å²) in [4.78, 5) is 0. The first-order chi connectivity index (χ1) is 8.81. The molecule has 2 N–H and O–H groups in total. The van der Waals surface area contributed by atoms with E-state index in [0.717, 1.165) is 30.8 Å². The summed E-state index contributed by atoms with van der Waals surface area (Å²) in [5.74, 6) is 0.731. The topological polar surface area (TPSA) is 44.5 Å². The van der Waals surface area contributed by atoms with Gasteiger partial charge < -0.3 is 15.2 Å². The molecule has 2 rings (SSSR count). The Balaban J connectivity index is 1.78. The fourth-order valence-electron chi connectivity index (χ4n) is 2.23. The fraction of sp³-hybridized carbons (Fsp3) is 0.571. The maximum Gasteiger partial charge on any atom is 0.142 e. The molecule has 1 aromatic rings. The monoisotopic (exact) mass is 269 g/mol. The third kappa shape index (κ3) is 3.61. The molecule has 18 heavy (non-hydrogen) atoms. The Bertz CT molecular complexity index is 378. The average molecular weight is 270 g/mol. The number of rotatable bonds is 6. The maximum absolute atomic E-state index is 6.11. The second kappa shape index (κ2) is 6.98. The molecule has 4 heteroatoms. The van der Waals surface area contributed by atoms with E-state index in [9.17, 15) is 0 Å². The van der Waals surface area contributed by atoms with Gasteiger partial charge in [0.25, 0.3) is 0 Å². The van der Waals surface area contributed by atoms with Crippen molar-refractivity contribution in [1.29, 1.82) is 0 Å². The Labute approximate surface area is 113 Å². The van der Waals surface area contributed by atoms with Crippen LogP contribution in [0.1, 0.15) is 31.2 Å². The molecule has 0 aromatic heterocycles. The van der Waals surface area contributed by atoms with Gasteiger partial charge in [-0.3, -0.25) is 0 Å². The zero-order chi connectivity index (χ0) is 12.8. The number of hydrogen-bond acceptors (Lipinski definition) is 3. The molecule has 1 heterocycles. The average Bonchev–Trinajstić information content (AvgIpc) is 2.89. The van der Waals surface area contributed by atoms with E-state index in [1.54, 1.807) is 0 Å². The van der Waals surface area contributed by atoms with Crippen molar-refractivity contribution in [3.63, 3.8) is 0 Å². The third-order valence-corrected chi connectivity index (χ3v) is 3.51. The molecule has 0 radical (unpaired) electrons. The molecular weight excluding hydrogens is 250 g/mol. The van der Waals surface area contributed by atoms with Gasteiger partial charge >= 0.3 is 0 Å². The lowest BCUT2D eigenvalue weighted by atomic mass is 10.1. The number of halogens is 1. The number of benzene rings is 1. The summed E-state index contributed by atoms with van der Waals surface area (Å²) in [6.45, 7) is 2.02. The Morgan fingerprint density at radius 1 is 1.44 bits per heavy atom. The van der Waals surface area contributed by atoms with Gasteiger partial charge in [-0.15, -0.1) is 0 Å². The number of hydrogen-bond donors (Lipinski definition) is 1. The van der Waals surface area contributed by atoms with Crippen LogP contribution < -0.4 is 10.5 Å². The molecule has 0 amide bonds. The molecular formula is C14H20ClNO2. The number of nitrogens with two attached hydrogens (primary N) is 1. The van der Waals surface area contributed by atoms with E-state index in [1.807, 2.05) is 18.2 Å². The van der Waals surface area contributed by atoms with Gasteiger partial charge in [0.2, 0.25) is 0 Å². The highest BCUT2D eigenvalue weighted by atomic mass is 35.5. The summed E-state index contributed by atoms with van der Waals surface area (Å²) in [6, 6.07) is 5.67. The Kier molecular flexibility index (Phi) is 5.29. The summed E-state index contributed by atoms with van der Waals surface area (Å²) < 4.78 is 11.3. The normalized spacial score (nSPS) is 19.1. The SMILES string of the molecule is NCc1cccc(Cl)c1OCCCC1CCCO1. The number of para-hydroxylation sites is 1. The molecule has 1 atom stereocenters. The van der Waals surface area contributed by atoms with Crippen molar-refractivity contribution in [2.45, 2.75) is 38.3 Å². The molecule has 1 fully saturated rings. The molecule has 1 aliphatic rings. The van der Waals surface area contributed by atoms with E-state index in [2.05, 4.69) is 0 Å². The summed E-state index contributed by atoms with van der Waals surface area (Å²) in [7, 11) is 0. The molecule has 0 spiro atoms. The second-order valence-electron chi connectivity index (χ2n) is 4.56. The van der Waals surface area contributed by atoms with Crippen molar-refractivity contribution < 1.29 is 9.47 Å². The lowest BCUT2D eigenvalue weighted by molar-refractivity contribution is 0.0981. The molecule has 0 bridgehead atoms. The van der Waals surface area contributed by atoms with Gasteiger partial charge in [0, 0.05) is 18.7 Å². The quantitative estimate of drug-likeness (QED) is 0.807. The molecule has 0 saturated carbocycles. The van der Waals surface area contributed by atoms with E-state index in [-0.39, 0.29) is 0 Å². The van der Waals surface area contributed by atoms with Gasteiger partial charge in [-0.2, -0.15) is 0 Å². The first-order valence-corrected chi connectivity index (χ1v) is 6.91. The predicted octanol–water partition coefficient (Wildman–Crippen LogP) is 3.14. The highest BCUT2D eigenvalue weighted by Crippen LogP contribution is 2.28. The van der Waals surface area contributed by atoms with E-state index in [4.69, 9.17) is 26.8 Å². The van der Waals surface area contributed by atoms with Crippen LogP contribution >= 0.6 is 11.6 Å². The second-order valence-corrected chi connectivity index (χ2v) is 4.97. The van der Waals surface area contributed by atoms with Crippen molar-refractivity contribution in [3.8, 4) is 5.75 Å². The third-order valence-electron chi connectivity index (χ3n) is 3.21. The molecule has 1 aliphatic heterocycles. The van der Waals surface area contributed by atoms with Crippen molar-refractivity contribution in [3.05, 3.63) is 28.8 Å². The minimum absolute atomic E-state index is 0.425.